The van der Waals surface area contributed by atoms with E-state index in [2.05, 4.69) is 5.32 Å². The van der Waals surface area contributed by atoms with Gasteiger partial charge in [-0.25, -0.2) is 0 Å². The van der Waals surface area contributed by atoms with Gasteiger partial charge in [0.1, 0.15) is 6.07 Å². The quantitative estimate of drug-likeness (QED) is 0.593. The van der Waals surface area contributed by atoms with E-state index in [9.17, 15) is 4.79 Å². The molecule has 0 unspecified atom stereocenters. The number of hydrogen-bond acceptors (Lipinski definition) is 4. The molecule has 3 N–H and O–H groups in total. The van der Waals surface area contributed by atoms with E-state index in [0.29, 0.717) is 43.0 Å². The van der Waals surface area contributed by atoms with Crippen molar-refractivity contribution in [1.82, 2.24) is 0 Å². The Morgan fingerprint density at radius 2 is 2.33 bits per heavy atom. The number of nitrogen functional groups attached to an aromatic ring is 1. The van der Waals surface area contributed by atoms with Gasteiger partial charge in [0.25, 0.3) is 0 Å². The largest absolute Gasteiger partial charge is 0.399 e. The number of nitrogens with zero attached hydrogens (tertiary/aromatic N) is 1. The van der Waals surface area contributed by atoms with Gasteiger partial charge in [-0.2, -0.15) is 5.26 Å². The topological polar surface area (TPSA) is 88.1 Å². The van der Waals surface area contributed by atoms with E-state index < -0.39 is 0 Å². The smallest absolute Gasteiger partial charge is 0.224 e. The third kappa shape index (κ3) is 4.44. The summed E-state index contributed by atoms with van der Waals surface area (Å²) in [5.74, 6) is -0.129. The first-order chi connectivity index (χ1) is 8.67. The molecule has 1 rings (SSSR count). The van der Waals surface area contributed by atoms with Crippen LogP contribution in [0.5, 0.6) is 0 Å². The first-order valence-corrected chi connectivity index (χ1v) is 5.84. The molecule has 1 aromatic rings. The van der Waals surface area contributed by atoms with Crippen molar-refractivity contribution in [3.05, 3.63) is 23.8 Å². The maximum absolute atomic E-state index is 11.6. The summed E-state index contributed by atoms with van der Waals surface area (Å²) in [4.78, 5) is 11.6. The third-order valence-electron chi connectivity index (χ3n) is 2.33. The lowest BCUT2D eigenvalue weighted by atomic mass is 10.1. The molecule has 5 heteroatoms. The van der Waals surface area contributed by atoms with E-state index in [1.807, 2.05) is 13.0 Å². The van der Waals surface area contributed by atoms with Gasteiger partial charge in [0, 0.05) is 25.3 Å². The predicted octanol–water partition coefficient (Wildman–Crippen LogP) is 1.90. The van der Waals surface area contributed by atoms with Gasteiger partial charge in [0.15, 0.2) is 0 Å². The SMILES string of the molecule is CCOCCCC(=O)Nc1ccc(N)cc1C#N. The number of amides is 1. The lowest BCUT2D eigenvalue weighted by molar-refractivity contribution is -0.116. The number of carbonyl (C=O) groups is 1. The Morgan fingerprint density at radius 1 is 1.56 bits per heavy atom. The summed E-state index contributed by atoms with van der Waals surface area (Å²) in [5, 5.41) is 11.6. The molecule has 96 valence electrons. The minimum absolute atomic E-state index is 0.129. The van der Waals surface area contributed by atoms with Crippen LogP contribution in [0.2, 0.25) is 0 Å². The van der Waals surface area contributed by atoms with Gasteiger partial charge >= 0.3 is 0 Å². The molecule has 5 nitrogen and oxygen atoms in total. The molecule has 0 heterocycles. The first-order valence-electron chi connectivity index (χ1n) is 5.84. The Labute approximate surface area is 107 Å². The summed E-state index contributed by atoms with van der Waals surface area (Å²) in [6.45, 7) is 3.13. The molecule has 1 aromatic carbocycles. The number of hydrogen-bond donors (Lipinski definition) is 2. The Kier molecular flexibility index (Phi) is 5.68. The number of benzene rings is 1. The van der Waals surface area contributed by atoms with E-state index in [1.54, 1.807) is 12.1 Å². The van der Waals surface area contributed by atoms with Crippen molar-refractivity contribution in [2.24, 2.45) is 0 Å². The first kappa shape index (κ1) is 14.0. The highest BCUT2D eigenvalue weighted by Crippen LogP contribution is 2.18. The van der Waals surface area contributed by atoms with Crippen LogP contribution >= 0.6 is 0 Å². The molecular weight excluding hydrogens is 230 g/mol. The summed E-state index contributed by atoms with van der Waals surface area (Å²) in [6, 6.07) is 6.82. The summed E-state index contributed by atoms with van der Waals surface area (Å²) >= 11 is 0. The van der Waals surface area contributed by atoms with Crippen LogP contribution in [0.4, 0.5) is 11.4 Å². The second-order valence-corrected chi connectivity index (χ2v) is 3.77. The zero-order valence-corrected chi connectivity index (χ0v) is 10.4. The fourth-order valence-corrected chi connectivity index (χ4v) is 1.46. The van der Waals surface area contributed by atoms with Crippen molar-refractivity contribution in [2.75, 3.05) is 24.3 Å². The molecule has 0 saturated carbocycles. The van der Waals surface area contributed by atoms with Crippen LogP contribution in [-0.2, 0) is 9.53 Å². The lowest BCUT2D eigenvalue weighted by Gasteiger charge is -2.07. The number of nitriles is 1. The van der Waals surface area contributed by atoms with Gasteiger partial charge in [-0.05, 0) is 31.5 Å². The van der Waals surface area contributed by atoms with Crippen LogP contribution in [0.15, 0.2) is 18.2 Å². The molecule has 0 bridgehead atoms. The third-order valence-corrected chi connectivity index (χ3v) is 2.33. The van der Waals surface area contributed by atoms with Crippen molar-refractivity contribution in [1.29, 1.82) is 5.26 Å². The number of rotatable bonds is 6. The van der Waals surface area contributed by atoms with Gasteiger partial charge in [-0.15, -0.1) is 0 Å². The fourth-order valence-electron chi connectivity index (χ4n) is 1.46. The highest BCUT2D eigenvalue weighted by Gasteiger charge is 2.06. The van der Waals surface area contributed by atoms with Gasteiger partial charge in [-0.1, -0.05) is 0 Å². The van der Waals surface area contributed by atoms with Crippen LogP contribution in [0.3, 0.4) is 0 Å². The standard InChI is InChI=1S/C13H17N3O2/c1-2-18-7-3-4-13(17)16-12-6-5-11(15)8-10(12)9-14/h5-6,8H,2-4,7,15H2,1H3,(H,16,17). The zero-order valence-electron chi connectivity index (χ0n) is 10.4. The van der Waals surface area contributed by atoms with E-state index in [0.717, 1.165) is 0 Å². The number of nitrogens with two attached hydrogens (primary N) is 1. The Hall–Kier alpha value is -2.06. The summed E-state index contributed by atoms with van der Waals surface area (Å²) in [5.41, 5.74) is 6.93. The van der Waals surface area contributed by atoms with Crippen molar-refractivity contribution < 1.29 is 9.53 Å². The number of anilines is 2. The summed E-state index contributed by atoms with van der Waals surface area (Å²) in [7, 11) is 0. The van der Waals surface area contributed by atoms with Crippen LogP contribution < -0.4 is 11.1 Å². The molecule has 18 heavy (non-hydrogen) atoms. The number of nitrogens with one attached hydrogen (secondary N) is 1. The van der Waals surface area contributed by atoms with Crippen LogP contribution in [0.25, 0.3) is 0 Å². The minimum Gasteiger partial charge on any atom is -0.399 e. The minimum atomic E-state index is -0.129. The molecule has 0 spiro atoms. The molecule has 1 amide bonds. The Bertz CT molecular complexity index is 452. The zero-order chi connectivity index (χ0) is 13.4. The monoisotopic (exact) mass is 247 g/mol. The van der Waals surface area contributed by atoms with Crippen molar-refractivity contribution in [3.8, 4) is 6.07 Å². The van der Waals surface area contributed by atoms with Crippen LogP contribution in [0, 0.1) is 11.3 Å². The molecule has 0 aliphatic rings. The maximum Gasteiger partial charge on any atom is 0.224 e. The van der Waals surface area contributed by atoms with Gasteiger partial charge < -0.3 is 15.8 Å². The Balaban J connectivity index is 2.52. The molecule has 0 saturated heterocycles. The highest BCUT2D eigenvalue weighted by molar-refractivity contribution is 5.92. The molecular formula is C13H17N3O2. The molecule has 0 atom stereocenters. The average molecular weight is 247 g/mol. The second kappa shape index (κ2) is 7.30. The van der Waals surface area contributed by atoms with E-state index in [1.165, 1.54) is 6.07 Å². The van der Waals surface area contributed by atoms with Gasteiger partial charge in [0.2, 0.25) is 5.91 Å². The lowest BCUT2D eigenvalue weighted by Crippen LogP contribution is -2.13. The van der Waals surface area contributed by atoms with E-state index in [-0.39, 0.29) is 5.91 Å². The number of carbonyl (C=O) groups excluding carboxylic acids is 1. The molecule has 0 aromatic heterocycles. The fraction of sp³-hybridized carbons (Fsp3) is 0.385. The normalized spacial score (nSPS) is 9.78. The molecule has 0 aliphatic heterocycles. The molecule has 0 radical (unpaired) electrons. The molecule has 0 fully saturated rings. The Morgan fingerprint density at radius 3 is 3.00 bits per heavy atom. The van der Waals surface area contributed by atoms with Crippen molar-refractivity contribution >= 4 is 17.3 Å². The average Bonchev–Trinajstić information content (AvgIpc) is 2.37. The number of ether oxygens (including phenoxy) is 1. The van der Waals surface area contributed by atoms with Crippen molar-refractivity contribution in [3.63, 3.8) is 0 Å². The summed E-state index contributed by atoms with van der Waals surface area (Å²) in [6.07, 6.45) is 1.03. The molecule has 0 aliphatic carbocycles. The van der Waals surface area contributed by atoms with Gasteiger partial charge in [-0.3, -0.25) is 4.79 Å². The van der Waals surface area contributed by atoms with E-state index in [4.69, 9.17) is 15.7 Å². The summed E-state index contributed by atoms with van der Waals surface area (Å²) < 4.78 is 5.15. The van der Waals surface area contributed by atoms with Crippen molar-refractivity contribution in [2.45, 2.75) is 19.8 Å². The van der Waals surface area contributed by atoms with Gasteiger partial charge in [0.05, 0.1) is 11.3 Å². The second-order valence-electron chi connectivity index (χ2n) is 3.77. The van der Waals surface area contributed by atoms with Crippen LogP contribution in [-0.4, -0.2) is 19.1 Å². The highest BCUT2D eigenvalue weighted by atomic mass is 16.5. The van der Waals surface area contributed by atoms with Crippen LogP contribution in [0.1, 0.15) is 25.3 Å². The maximum atomic E-state index is 11.6. The van der Waals surface area contributed by atoms with E-state index >= 15 is 0 Å². The predicted molar refractivity (Wildman–Crippen MR) is 69.9 cm³/mol.